The highest BCUT2D eigenvalue weighted by atomic mass is 16.6. The lowest BCUT2D eigenvalue weighted by atomic mass is 9.95. The van der Waals surface area contributed by atoms with Crippen molar-refractivity contribution in [2.75, 3.05) is 7.11 Å². The van der Waals surface area contributed by atoms with E-state index in [1.54, 1.807) is 13.1 Å². The van der Waals surface area contributed by atoms with Gasteiger partial charge < -0.3 is 14.3 Å². The van der Waals surface area contributed by atoms with Gasteiger partial charge in [0.2, 0.25) is 0 Å². The van der Waals surface area contributed by atoms with Crippen LogP contribution in [-0.2, 0) is 33.8 Å². The average Bonchev–Trinajstić information content (AvgIpc) is 3.50. The molecule has 0 fully saturated rings. The number of nitrogens with zero attached hydrogens (tertiary/aromatic N) is 2. The van der Waals surface area contributed by atoms with Crippen molar-refractivity contribution in [2.45, 2.75) is 46.3 Å². The fourth-order valence-corrected chi connectivity index (χ4v) is 4.50. The Labute approximate surface area is 236 Å². The second kappa shape index (κ2) is 14.1. The fraction of sp³-hybridized carbons (Fsp3) is 0.303. The Bertz CT molecular complexity index is 1350. The molecule has 0 spiro atoms. The first-order valence-electron chi connectivity index (χ1n) is 13.5. The van der Waals surface area contributed by atoms with Gasteiger partial charge in [-0.15, -0.1) is 0 Å². The number of oxime groups is 1. The van der Waals surface area contributed by atoms with Crippen LogP contribution in [0.15, 0.2) is 96.4 Å². The zero-order chi connectivity index (χ0) is 28.3. The predicted octanol–water partition coefficient (Wildman–Crippen LogP) is 6.70. The number of nitrogens with one attached hydrogen (secondary N) is 1. The highest BCUT2D eigenvalue weighted by molar-refractivity contribution is 6.00. The summed E-state index contributed by atoms with van der Waals surface area (Å²) in [6.07, 6.45) is 4.79. The molecule has 3 aromatic carbocycles. The zero-order valence-electron chi connectivity index (χ0n) is 23.5. The first-order chi connectivity index (χ1) is 19.4. The summed E-state index contributed by atoms with van der Waals surface area (Å²) in [7, 11) is 1.38. The van der Waals surface area contributed by atoms with Gasteiger partial charge in [0.15, 0.2) is 6.10 Å². The molecule has 0 saturated carbocycles. The minimum atomic E-state index is -0.560. The summed E-state index contributed by atoms with van der Waals surface area (Å²) in [5, 5.41) is 11.2. The maximum atomic E-state index is 12.6. The molecule has 4 aromatic rings. The quantitative estimate of drug-likeness (QED) is 0.116. The molecule has 1 heterocycles. The van der Waals surface area contributed by atoms with Crippen molar-refractivity contribution in [3.05, 3.63) is 119 Å². The second-order valence-corrected chi connectivity index (χ2v) is 10.3. The first-order valence-corrected chi connectivity index (χ1v) is 13.5. The van der Waals surface area contributed by atoms with Crippen molar-refractivity contribution in [3.8, 4) is 5.75 Å². The van der Waals surface area contributed by atoms with E-state index in [0.717, 1.165) is 28.7 Å². The largest absolute Gasteiger partial charge is 0.481 e. The van der Waals surface area contributed by atoms with Gasteiger partial charge in [-0.1, -0.05) is 85.7 Å². The summed E-state index contributed by atoms with van der Waals surface area (Å²) in [5.74, 6) is 0.398. The molecule has 0 aliphatic carbocycles. The SMILES string of the molecule is COC(=O)C(Cc1ccc(OC(c2ccc(CC(C)C)cc2)c2cn[nH]c2)cc1)C(C)=NOCc1ccccc1. The molecule has 0 amide bonds. The molecule has 1 N–H and O–H groups in total. The van der Waals surface area contributed by atoms with Crippen molar-refractivity contribution >= 4 is 11.7 Å². The third-order valence-electron chi connectivity index (χ3n) is 6.64. The molecule has 0 bridgehead atoms. The van der Waals surface area contributed by atoms with Crippen molar-refractivity contribution < 1.29 is 19.1 Å². The Morgan fingerprint density at radius 1 is 0.875 bits per heavy atom. The molecule has 208 valence electrons. The minimum absolute atomic E-state index is 0.309. The molecule has 2 atom stereocenters. The summed E-state index contributed by atoms with van der Waals surface area (Å²) >= 11 is 0. The first kappa shape index (κ1) is 28.6. The van der Waals surface area contributed by atoms with E-state index in [9.17, 15) is 4.79 Å². The van der Waals surface area contributed by atoms with Crippen molar-refractivity contribution in [3.63, 3.8) is 0 Å². The smallest absolute Gasteiger partial charge is 0.314 e. The molecule has 0 radical (unpaired) electrons. The number of carbonyl (C=O) groups is 1. The van der Waals surface area contributed by atoms with E-state index in [4.69, 9.17) is 14.3 Å². The third kappa shape index (κ3) is 8.06. The summed E-state index contributed by atoms with van der Waals surface area (Å²) in [6.45, 7) is 6.55. The van der Waals surface area contributed by atoms with Crippen LogP contribution in [-0.4, -0.2) is 29.0 Å². The monoisotopic (exact) mass is 539 g/mol. The Hall–Kier alpha value is -4.39. The maximum absolute atomic E-state index is 12.6. The summed E-state index contributed by atoms with van der Waals surface area (Å²) < 4.78 is 11.5. The van der Waals surface area contributed by atoms with E-state index < -0.39 is 5.92 Å². The van der Waals surface area contributed by atoms with Crippen LogP contribution < -0.4 is 4.74 Å². The summed E-state index contributed by atoms with van der Waals surface area (Å²) in [5.41, 5.74) is 5.81. The van der Waals surface area contributed by atoms with Gasteiger partial charge in [-0.3, -0.25) is 9.89 Å². The van der Waals surface area contributed by atoms with Crippen molar-refractivity contribution in [2.24, 2.45) is 17.0 Å². The normalized spacial score (nSPS) is 13.1. The molecule has 7 heteroatoms. The number of benzene rings is 3. The molecular formula is C33H37N3O4. The van der Waals surface area contributed by atoms with Crippen LogP contribution in [0.5, 0.6) is 5.75 Å². The highest BCUT2D eigenvalue weighted by Crippen LogP contribution is 2.29. The van der Waals surface area contributed by atoms with Gasteiger partial charge in [0.05, 0.1) is 19.0 Å². The molecule has 0 aliphatic rings. The molecule has 0 aliphatic heterocycles. The lowest BCUT2D eigenvalue weighted by molar-refractivity contribution is -0.143. The third-order valence-corrected chi connectivity index (χ3v) is 6.64. The van der Waals surface area contributed by atoms with E-state index in [1.165, 1.54) is 12.7 Å². The molecule has 4 rings (SSSR count). The van der Waals surface area contributed by atoms with E-state index in [-0.39, 0.29) is 12.1 Å². The Kier molecular flexibility index (Phi) is 10.1. The highest BCUT2D eigenvalue weighted by Gasteiger charge is 2.24. The van der Waals surface area contributed by atoms with Gasteiger partial charge in [-0.25, -0.2) is 0 Å². The Morgan fingerprint density at radius 3 is 2.17 bits per heavy atom. The number of esters is 1. The number of hydrogen-bond acceptors (Lipinski definition) is 6. The number of carbonyl (C=O) groups excluding carboxylic acids is 1. The lowest BCUT2D eigenvalue weighted by Crippen LogP contribution is -2.26. The lowest BCUT2D eigenvalue weighted by Gasteiger charge is -2.20. The number of H-pyrrole nitrogens is 1. The van der Waals surface area contributed by atoms with Crippen LogP contribution >= 0.6 is 0 Å². The summed E-state index contributed by atoms with van der Waals surface area (Å²) in [4.78, 5) is 18.1. The van der Waals surface area contributed by atoms with Crippen LogP contribution in [0.25, 0.3) is 0 Å². The van der Waals surface area contributed by atoms with E-state index >= 15 is 0 Å². The minimum Gasteiger partial charge on any atom is -0.481 e. The Morgan fingerprint density at radius 2 is 1.55 bits per heavy atom. The van der Waals surface area contributed by atoms with Crippen LogP contribution in [0.3, 0.4) is 0 Å². The van der Waals surface area contributed by atoms with Gasteiger partial charge in [-0.2, -0.15) is 5.10 Å². The number of ether oxygens (including phenoxy) is 2. The van der Waals surface area contributed by atoms with Crippen molar-refractivity contribution in [1.29, 1.82) is 0 Å². The van der Waals surface area contributed by atoms with Gasteiger partial charge in [0.1, 0.15) is 18.3 Å². The van der Waals surface area contributed by atoms with Gasteiger partial charge >= 0.3 is 5.97 Å². The summed E-state index contributed by atoms with van der Waals surface area (Å²) in [6, 6.07) is 26.1. The van der Waals surface area contributed by atoms with E-state index in [1.807, 2.05) is 60.8 Å². The number of hydrogen-bond donors (Lipinski definition) is 1. The number of aromatic nitrogens is 2. The molecule has 0 saturated heterocycles. The van der Waals surface area contributed by atoms with Crippen molar-refractivity contribution in [1.82, 2.24) is 10.2 Å². The number of aromatic amines is 1. The second-order valence-electron chi connectivity index (χ2n) is 10.3. The Balaban J connectivity index is 1.45. The fourth-order valence-electron chi connectivity index (χ4n) is 4.50. The number of methoxy groups -OCH3 is 1. The topological polar surface area (TPSA) is 85.8 Å². The van der Waals surface area contributed by atoms with Crippen LogP contribution in [0.4, 0.5) is 0 Å². The van der Waals surface area contributed by atoms with Gasteiger partial charge in [-0.05, 0) is 60.1 Å². The predicted molar refractivity (Wildman–Crippen MR) is 156 cm³/mol. The molecular weight excluding hydrogens is 502 g/mol. The molecule has 7 nitrogen and oxygen atoms in total. The van der Waals surface area contributed by atoms with Gasteiger partial charge in [0.25, 0.3) is 0 Å². The van der Waals surface area contributed by atoms with Crippen LogP contribution in [0.1, 0.15) is 54.7 Å². The zero-order valence-corrected chi connectivity index (χ0v) is 23.5. The molecule has 1 aromatic heterocycles. The van der Waals surface area contributed by atoms with Crippen LogP contribution in [0, 0.1) is 11.8 Å². The number of rotatable bonds is 13. The molecule has 40 heavy (non-hydrogen) atoms. The maximum Gasteiger partial charge on any atom is 0.314 e. The van der Waals surface area contributed by atoms with E-state index in [0.29, 0.717) is 30.4 Å². The van der Waals surface area contributed by atoms with E-state index in [2.05, 4.69) is 53.5 Å². The van der Waals surface area contributed by atoms with Crippen LogP contribution in [0.2, 0.25) is 0 Å². The average molecular weight is 540 g/mol. The standard InChI is InChI=1S/C33H37N3O4/c1-23(2)18-25-10-14-28(15-11-25)32(29-20-34-35-21-29)40-30-16-12-26(13-17-30)19-31(33(37)38-4)24(3)36-39-22-27-8-6-5-7-9-27/h5-17,20-21,23,31-32H,18-19,22H2,1-4H3,(H,34,35). The van der Waals surface area contributed by atoms with Gasteiger partial charge in [0, 0.05) is 11.8 Å². The molecule has 2 unspecified atom stereocenters.